The summed E-state index contributed by atoms with van der Waals surface area (Å²) in [5, 5.41) is 0.924. The van der Waals surface area contributed by atoms with E-state index in [0.717, 1.165) is 0 Å². The summed E-state index contributed by atoms with van der Waals surface area (Å²) in [6.45, 7) is 5.27. The Kier molecular flexibility index (Phi) is 4.71. The topological polar surface area (TPSA) is 44.1 Å². The Morgan fingerprint density at radius 3 is 2.38 bits per heavy atom. The molecule has 26 heavy (non-hydrogen) atoms. The van der Waals surface area contributed by atoms with E-state index >= 15 is 0 Å². The average molecular weight is 379 g/mol. The maximum Gasteiger partial charge on any atom is 0.420 e. The van der Waals surface area contributed by atoms with Gasteiger partial charge in [0, 0.05) is 10.9 Å². The van der Waals surface area contributed by atoms with Crippen molar-refractivity contribution >= 4 is 28.7 Å². The zero-order valence-electron chi connectivity index (χ0n) is 14.5. The van der Waals surface area contributed by atoms with Crippen molar-refractivity contribution in [3.63, 3.8) is 0 Å². The van der Waals surface area contributed by atoms with E-state index in [-0.39, 0.29) is 10.7 Å². The molecule has 0 saturated heterocycles. The molecule has 0 aliphatic carbocycles. The minimum atomic E-state index is -2.55. The highest BCUT2D eigenvalue weighted by Gasteiger charge is 2.24. The molecular weight excluding hydrogens is 362 g/mol. The Labute approximate surface area is 154 Å². The molecule has 0 fully saturated rings. The number of halogens is 3. The van der Waals surface area contributed by atoms with E-state index in [1.54, 1.807) is 39.0 Å². The van der Waals surface area contributed by atoms with Crippen LogP contribution in [0.2, 0.25) is 5.15 Å². The molecule has 2 heterocycles. The lowest BCUT2D eigenvalue weighted by atomic mass is 10.1. The van der Waals surface area contributed by atoms with Gasteiger partial charge in [0.2, 0.25) is 0 Å². The van der Waals surface area contributed by atoms with Crippen molar-refractivity contribution in [2.24, 2.45) is 0 Å². The summed E-state index contributed by atoms with van der Waals surface area (Å²) in [5.41, 5.74) is 0.636. The summed E-state index contributed by atoms with van der Waals surface area (Å²) in [5.74, 6) is 0. The second-order valence-corrected chi connectivity index (χ2v) is 7.20. The summed E-state index contributed by atoms with van der Waals surface area (Å²) in [4.78, 5) is 17.0. The van der Waals surface area contributed by atoms with Crippen molar-refractivity contribution in [1.82, 2.24) is 9.55 Å². The van der Waals surface area contributed by atoms with Crippen molar-refractivity contribution < 1.29 is 18.3 Å². The normalized spacial score (nSPS) is 12.0. The van der Waals surface area contributed by atoms with Crippen LogP contribution in [-0.4, -0.2) is 21.2 Å². The van der Waals surface area contributed by atoms with Crippen LogP contribution in [0.1, 0.15) is 32.8 Å². The molecule has 0 radical (unpaired) electrons. The van der Waals surface area contributed by atoms with E-state index in [4.69, 9.17) is 16.3 Å². The van der Waals surface area contributed by atoms with Crippen LogP contribution < -0.4 is 0 Å². The smallest absolute Gasteiger partial charge is 0.420 e. The van der Waals surface area contributed by atoms with Crippen LogP contribution in [0.25, 0.3) is 22.3 Å². The second-order valence-electron chi connectivity index (χ2n) is 6.81. The molecule has 3 rings (SSSR count). The molecule has 4 nitrogen and oxygen atoms in total. The van der Waals surface area contributed by atoms with Gasteiger partial charge in [-0.05, 0) is 44.5 Å². The van der Waals surface area contributed by atoms with E-state index < -0.39 is 18.1 Å². The van der Waals surface area contributed by atoms with Gasteiger partial charge in [0.25, 0.3) is 6.43 Å². The number of benzene rings is 1. The van der Waals surface area contributed by atoms with Gasteiger partial charge in [-0.15, -0.1) is 0 Å². The fraction of sp³-hybridized carbons (Fsp3) is 0.263. The molecule has 1 aromatic carbocycles. The first-order chi connectivity index (χ1) is 12.2. The lowest BCUT2D eigenvalue weighted by Gasteiger charge is -2.20. The molecule has 7 heteroatoms. The quantitative estimate of drug-likeness (QED) is 0.508. The zero-order chi connectivity index (χ0) is 19.1. The van der Waals surface area contributed by atoms with Crippen LogP contribution >= 0.6 is 11.6 Å². The van der Waals surface area contributed by atoms with E-state index in [0.29, 0.717) is 22.3 Å². The van der Waals surface area contributed by atoms with Crippen LogP contribution in [0.4, 0.5) is 13.6 Å². The first-order valence-electron chi connectivity index (χ1n) is 7.95. The summed E-state index contributed by atoms with van der Waals surface area (Å²) >= 11 is 5.98. The molecule has 0 aliphatic heterocycles. The number of ether oxygens (including phenoxy) is 1. The van der Waals surface area contributed by atoms with Gasteiger partial charge in [0.05, 0.1) is 5.69 Å². The maximum absolute atomic E-state index is 12.8. The fourth-order valence-electron chi connectivity index (χ4n) is 2.56. The number of carbonyl (C=O) groups is 1. The first kappa shape index (κ1) is 18.3. The number of hydrogen-bond donors (Lipinski definition) is 0. The van der Waals surface area contributed by atoms with Crippen LogP contribution in [-0.2, 0) is 4.74 Å². The number of hydrogen-bond acceptors (Lipinski definition) is 3. The van der Waals surface area contributed by atoms with E-state index in [1.165, 1.54) is 28.8 Å². The highest BCUT2D eigenvalue weighted by atomic mass is 35.5. The Bertz CT molecular complexity index is 960. The highest BCUT2D eigenvalue weighted by molar-refractivity contribution is 6.29. The van der Waals surface area contributed by atoms with Crippen LogP contribution in [0.5, 0.6) is 0 Å². The predicted molar refractivity (Wildman–Crippen MR) is 96.8 cm³/mol. The van der Waals surface area contributed by atoms with Gasteiger partial charge in [-0.3, -0.25) is 0 Å². The third-order valence-electron chi connectivity index (χ3n) is 3.65. The molecule has 3 aromatic rings. The number of fused-ring (bicyclic) bond motifs is 1. The lowest BCUT2D eigenvalue weighted by molar-refractivity contribution is 0.0546. The third-order valence-corrected chi connectivity index (χ3v) is 3.86. The Balaban J connectivity index is 2.17. The van der Waals surface area contributed by atoms with Crippen molar-refractivity contribution in [3.8, 4) is 11.3 Å². The first-order valence-corrected chi connectivity index (χ1v) is 8.33. The SMILES string of the molecule is CC(C)(C)OC(=O)n1c(-c2ccc(C(F)F)cc2)cc2ccc(Cl)nc21. The monoisotopic (exact) mass is 378 g/mol. The Hall–Kier alpha value is -2.47. The van der Waals surface area contributed by atoms with E-state index in [2.05, 4.69) is 4.98 Å². The van der Waals surface area contributed by atoms with Gasteiger partial charge in [0.1, 0.15) is 10.8 Å². The number of nitrogens with zero attached hydrogens (tertiary/aromatic N) is 2. The van der Waals surface area contributed by atoms with Gasteiger partial charge in [0.15, 0.2) is 5.65 Å². The molecule has 0 atom stereocenters. The predicted octanol–water partition coefficient (Wildman–Crippen LogP) is 6.08. The molecule has 0 unspecified atom stereocenters. The minimum absolute atomic E-state index is 0.0881. The van der Waals surface area contributed by atoms with Crippen LogP contribution in [0, 0.1) is 0 Å². The summed E-state index contributed by atoms with van der Waals surface area (Å²) in [6.07, 6.45) is -3.17. The number of alkyl halides is 2. The zero-order valence-corrected chi connectivity index (χ0v) is 15.2. The van der Waals surface area contributed by atoms with Gasteiger partial charge >= 0.3 is 6.09 Å². The van der Waals surface area contributed by atoms with E-state index in [1.807, 2.05) is 0 Å². The molecule has 0 amide bonds. The fourth-order valence-corrected chi connectivity index (χ4v) is 2.70. The van der Waals surface area contributed by atoms with Crippen molar-refractivity contribution in [2.75, 3.05) is 0 Å². The number of pyridine rings is 1. The molecular formula is C19H17ClF2N2O2. The molecule has 0 saturated carbocycles. The van der Waals surface area contributed by atoms with Gasteiger partial charge in [-0.1, -0.05) is 35.9 Å². The second kappa shape index (κ2) is 6.68. The van der Waals surface area contributed by atoms with E-state index in [9.17, 15) is 13.6 Å². The molecule has 0 spiro atoms. The summed E-state index contributed by atoms with van der Waals surface area (Å²) in [7, 11) is 0. The van der Waals surface area contributed by atoms with Crippen molar-refractivity contribution in [1.29, 1.82) is 0 Å². The minimum Gasteiger partial charge on any atom is -0.443 e. The van der Waals surface area contributed by atoms with Crippen molar-refractivity contribution in [3.05, 3.63) is 53.2 Å². The standard InChI is InChI=1S/C19H17ClF2N2O2/c1-19(2,3)26-18(25)24-14(10-13-8-9-15(20)23-17(13)24)11-4-6-12(7-5-11)16(21)22/h4-10,16H,1-3H3. The molecule has 2 aromatic heterocycles. The largest absolute Gasteiger partial charge is 0.443 e. The number of carbonyl (C=O) groups excluding carboxylic acids is 1. The van der Waals surface area contributed by atoms with Gasteiger partial charge in [-0.2, -0.15) is 0 Å². The molecule has 136 valence electrons. The van der Waals surface area contributed by atoms with Crippen LogP contribution in [0.3, 0.4) is 0 Å². The van der Waals surface area contributed by atoms with Gasteiger partial charge < -0.3 is 4.74 Å². The number of aromatic nitrogens is 2. The summed E-state index contributed by atoms with van der Waals surface area (Å²) < 4.78 is 32.4. The molecule has 0 aliphatic rings. The molecule has 0 bridgehead atoms. The molecule has 0 N–H and O–H groups in total. The highest BCUT2D eigenvalue weighted by Crippen LogP contribution is 2.30. The number of rotatable bonds is 2. The van der Waals surface area contributed by atoms with Gasteiger partial charge in [-0.25, -0.2) is 23.1 Å². The Morgan fingerprint density at radius 2 is 1.81 bits per heavy atom. The van der Waals surface area contributed by atoms with Crippen LogP contribution in [0.15, 0.2) is 42.5 Å². The Morgan fingerprint density at radius 1 is 1.15 bits per heavy atom. The lowest BCUT2D eigenvalue weighted by Crippen LogP contribution is -2.27. The average Bonchev–Trinajstić information content (AvgIpc) is 2.92. The third kappa shape index (κ3) is 3.70. The van der Waals surface area contributed by atoms with Crippen molar-refractivity contribution in [2.45, 2.75) is 32.8 Å². The summed E-state index contributed by atoms with van der Waals surface area (Å²) in [6, 6.07) is 10.8. The maximum atomic E-state index is 12.8.